The molecule has 0 unspecified atom stereocenters. The van der Waals surface area contributed by atoms with Crippen molar-refractivity contribution in [1.29, 1.82) is 0 Å². The van der Waals surface area contributed by atoms with Gasteiger partial charge in [-0.2, -0.15) is 5.10 Å². The van der Waals surface area contributed by atoms with Gasteiger partial charge in [-0.15, -0.1) is 0 Å². The Bertz CT molecular complexity index is 560. The van der Waals surface area contributed by atoms with Gasteiger partial charge in [-0.3, -0.25) is 4.68 Å². The first-order valence-electron chi connectivity index (χ1n) is 7.18. The Labute approximate surface area is 119 Å². The third-order valence-electron chi connectivity index (χ3n) is 3.55. The van der Waals surface area contributed by atoms with Crippen LogP contribution in [0.3, 0.4) is 0 Å². The van der Waals surface area contributed by atoms with E-state index in [0.29, 0.717) is 6.54 Å². The van der Waals surface area contributed by atoms with Crippen molar-refractivity contribution in [2.75, 3.05) is 11.9 Å². The molecule has 0 aliphatic carbocycles. The van der Waals surface area contributed by atoms with Crippen molar-refractivity contribution in [1.82, 2.24) is 19.7 Å². The predicted molar refractivity (Wildman–Crippen MR) is 79.6 cm³/mol. The first-order valence-corrected chi connectivity index (χ1v) is 7.18. The normalized spacial score (nSPS) is 12.0. The van der Waals surface area contributed by atoms with Crippen LogP contribution in [0.25, 0.3) is 11.0 Å². The SMILES string of the molecule is CCCC(O)(CCC)CNc1ncnc2c1cnn2C. The van der Waals surface area contributed by atoms with Crippen molar-refractivity contribution in [3.8, 4) is 0 Å². The molecule has 0 radical (unpaired) electrons. The number of anilines is 1. The molecule has 2 rings (SSSR count). The second-order valence-electron chi connectivity index (χ2n) is 5.31. The van der Waals surface area contributed by atoms with Crippen molar-refractivity contribution >= 4 is 16.9 Å². The Morgan fingerprint density at radius 1 is 1.25 bits per heavy atom. The molecule has 20 heavy (non-hydrogen) atoms. The highest BCUT2D eigenvalue weighted by atomic mass is 16.3. The maximum absolute atomic E-state index is 10.6. The van der Waals surface area contributed by atoms with Gasteiger partial charge in [0, 0.05) is 13.6 Å². The topological polar surface area (TPSA) is 75.9 Å². The average molecular weight is 277 g/mol. The van der Waals surface area contributed by atoms with Gasteiger partial charge in [0.1, 0.15) is 12.1 Å². The molecule has 0 bridgehead atoms. The van der Waals surface area contributed by atoms with Gasteiger partial charge < -0.3 is 10.4 Å². The molecule has 110 valence electrons. The van der Waals surface area contributed by atoms with Crippen LogP contribution in [0.5, 0.6) is 0 Å². The molecule has 2 heterocycles. The molecule has 0 spiro atoms. The monoisotopic (exact) mass is 277 g/mol. The zero-order chi connectivity index (χ0) is 14.6. The third-order valence-corrected chi connectivity index (χ3v) is 3.55. The minimum atomic E-state index is -0.678. The molecule has 2 aromatic heterocycles. The zero-order valence-corrected chi connectivity index (χ0v) is 12.4. The number of aromatic nitrogens is 4. The number of nitrogens with one attached hydrogen (secondary N) is 1. The molecule has 0 aromatic carbocycles. The molecular weight excluding hydrogens is 254 g/mol. The lowest BCUT2D eigenvalue weighted by atomic mass is 9.92. The summed E-state index contributed by atoms with van der Waals surface area (Å²) >= 11 is 0. The van der Waals surface area contributed by atoms with Gasteiger partial charge >= 0.3 is 0 Å². The van der Waals surface area contributed by atoms with Crippen LogP contribution < -0.4 is 5.32 Å². The number of aliphatic hydroxyl groups is 1. The summed E-state index contributed by atoms with van der Waals surface area (Å²) in [5, 5.41) is 18.9. The smallest absolute Gasteiger partial charge is 0.163 e. The lowest BCUT2D eigenvalue weighted by Crippen LogP contribution is -2.36. The molecule has 0 saturated carbocycles. The highest BCUT2D eigenvalue weighted by Crippen LogP contribution is 2.22. The molecule has 2 N–H and O–H groups in total. The highest BCUT2D eigenvalue weighted by Gasteiger charge is 2.25. The van der Waals surface area contributed by atoms with Gasteiger partial charge in [-0.05, 0) is 12.8 Å². The first-order chi connectivity index (χ1) is 9.59. The summed E-state index contributed by atoms with van der Waals surface area (Å²) in [6.07, 6.45) is 6.76. The van der Waals surface area contributed by atoms with E-state index < -0.39 is 5.60 Å². The van der Waals surface area contributed by atoms with Crippen LogP contribution in [0.2, 0.25) is 0 Å². The Hall–Kier alpha value is -1.69. The fourth-order valence-electron chi connectivity index (χ4n) is 2.58. The van der Waals surface area contributed by atoms with Crippen LogP contribution in [0.15, 0.2) is 12.5 Å². The van der Waals surface area contributed by atoms with Crippen LogP contribution in [-0.2, 0) is 7.05 Å². The van der Waals surface area contributed by atoms with Crippen LogP contribution in [0.4, 0.5) is 5.82 Å². The molecular formula is C14H23N5O. The van der Waals surface area contributed by atoms with Gasteiger partial charge in [0.25, 0.3) is 0 Å². The van der Waals surface area contributed by atoms with E-state index in [1.807, 2.05) is 7.05 Å². The van der Waals surface area contributed by atoms with E-state index in [4.69, 9.17) is 0 Å². The van der Waals surface area contributed by atoms with E-state index in [1.54, 1.807) is 10.9 Å². The molecule has 0 fully saturated rings. The zero-order valence-electron chi connectivity index (χ0n) is 12.4. The maximum atomic E-state index is 10.6. The largest absolute Gasteiger partial charge is 0.388 e. The number of nitrogens with zero attached hydrogens (tertiary/aromatic N) is 4. The summed E-state index contributed by atoms with van der Waals surface area (Å²) in [5.41, 5.74) is 0.111. The van der Waals surface area contributed by atoms with Crippen molar-refractivity contribution < 1.29 is 5.11 Å². The fraction of sp³-hybridized carbons (Fsp3) is 0.643. The minimum Gasteiger partial charge on any atom is -0.388 e. The van der Waals surface area contributed by atoms with Gasteiger partial charge in [0.05, 0.1) is 17.2 Å². The minimum absolute atomic E-state index is 0.496. The highest BCUT2D eigenvalue weighted by molar-refractivity contribution is 5.85. The van der Waals surface area contributed by atoms with E-state index in [2.05, 4.69) is 34.2 Å². The summed E-state index contributed by atoms with van der Waals surface area (Å²) in [6.45, 7) is 4.67. The summed E-state index contributed by atoms with van der Waals surface area (Å²) in [5.74, 6) is 0.730. The van der Waals surface area contributed by atoms with Crippen molar-refractivity contribution in [3.63, 3.8) is 0 Å². The van der Waals surface area contributed by atoms with Gasteiger partial charge in [0.2, 0.25) is 0 Å². The molecule has 0 aliphatic rings. The molecule has 6 heteroatoms. The number of hydrogen-bond acceptors (Lipinski definition) is 5. The summed E-state index contributed by atoms with van der Waals surface area (Å²) in [6, 6.07) is 0. The second kappa shape index (κ2) is 6.17. The van der Waals surface area contributed by atoms with E-state index in [-0.39, 0.29) is 0 Å². The lowest BCUT2D eigenvalue weighted by Gasteiger charge is -2.28. The Balaban J connectivity index is 2.15. The fourth-order valence-corrected chi connectivity index (χ4v) is 2.58. The second-order valence-corrected chi connectivity index (χ2v) is 5.31. The van der Waals surface area contributed by atoms with Crippen LogP contribution >= 0.6 is 0 Å². The Morgan fingerprint density at radius 2 is 1.95 bits per heavy atom. The van der Waals surface area contributed by atoms with Crippen LogP contribution in [0, 0.1) is 0 Å². The molecule has 0 amide bonds. The standard InChI is InChI=1S/C14H23N5O/c1-4-6-14(20,7-5-2)9-15-12-11-8-18-19(3)13(11)17-10-16-12/h8,10,20H,4-7,9H2,1-3H3,(H,15,16,17). The van der Waals surface area contributed by atoms with Gasteiger partial charge in [0.15, 0.2) is 5.65 Å². The first kappa shape index (κ1) is 14.7. The number of rotatable bonds is 7. The molecule has 6 nitrogen and oxygen atoms in total. The average Bonchev–Trinajstić information content (AvgIpc) is 2.80. The molecule has 0 aliphatic heterocycles. The number of hydrogen-bond donors (Lipinski definition) is 2. The molecule has 0 atom stereocenters. The predicted octanol–water partition coefficient (Wildman–Crippen LogP) is 2.11. The lowest BCUT2D eigenvalue weighted by molar-refractivity contribution is 0.0343. The quantitative estimate of drug-likeness (QED) is 0.810. The number of aryl methyl sites for hydroxylation is 1. The summed E-state index contributed by atoms with van der Waals surface area (Å²) in [7, 11) is 1.85. The van der Waals surface area contributed by atoms with Crippen LogP contribution in [0.1, 0.15) is 39.5 Å². The van der Waals surface area contributed by atoms with E-state index in [1.165, 1.54) is 6.33 Å². The molecule has 2 aromatic rings. The van der Waals surface area contributed by atoms with Crippen molar-refractivity contribution in [2.45, 2.75) is 45.1 Å². The van der Waals surface area contributed by atoms with Crippen molar-refractivity contribution in [3.05, 3.63) is 12.5 Å². The van der Waals surface area contributed by atoms with E-state index in [0.717, 1.165) is 42.5 Å². The Morgan fingerprint density at radius 3 is 2.60 bits per heavy atom. The third kappa shape index (κ3) is 3.07. The Kier molecular flexibility index (Phi) is 4.54. The number of fused-ring (bicyclic) bond motifs is 1. The summed E-state index contributed by atoms with van der Waals surface area (Å²) < 4.78 is 1.71. The molecule has 0 saturated heterocycles. The van der Waals surface area contributed by atoms with E-state index >= 15 is 0 Å². The van der Waals surface area contributed by atoms with Gasteiger partial charge in [-0.25, -0.2) is 9.97 Å². The summed E-state index contributed by atoms with van der Waals surface area (Å²) in [4.78, 5) is 8.46. The van der Waals surface area contributed by atoms with Crippen molar-refractivity contribution in [2.24, 2.45) is 7.05 Å². The van der Waals surface area contributed by atoms with Gasteiger partial charge in [-0.1, -0.05) is 26.7 Å². The van der Waals surface area contributed by atoms with Crippen LogP contribution in [-0.4, -0.2) is 37.0 Å². The van der Waals surface area contributed by atoms with E-state index in [9.17, 15) is 5.11 Å². The maximum Gasteiger partial charge on any atom is 0.163 e.